The van der Waals surface area contributed by atoms with E-state index >= 15 is 0 Å². The summed E-state index contributed by atoms with van der Waals surface area (Å²) >= 11 is 0. The highest BCUT2D eigenvalue weighted by Crippen LogP contribution is 2.60. The van der Waals surface area contributed by atoms with E-state index in [4.69, 9.17) is 0 Å². The number of nitrogens with zero attached hydrogens (tertiary/aromatic N) is 2. The summed E-state index contributed by atoms with van der Waals surface area (Å²) in [4.78, 5) is 44.2. The third-order valence-corrected chi connectivity index (χ3v) is 7.16. The van der Waals surface area contributed by atoms with Gasteiger partial charge in [-0.05, 0) is 44.5 Å². The van der Waals surface area contributed by atoms with Crippen molar-refractivity contribution in [2.24, 2.45) is 11.8 Å². The molecule has 3 amide bonds. The number of anilines is 2. The van der Waals surface area contributed by atoms with Crippen molar-refractivity contribution in [3.05, 3.63) is 59.7 Å². The Labute approximate surface area is 168 Å². The lowest BCUT2D eigenvalue weighted by atomic mass is 9.75. The number of nitrogens with one attached hydrogen (secondary N) is 1. The van der Waals surface area contributed by atoms with E-state index in [1.807, 2.05) is 43.3 Å². The van der Waals surface area contributed by atoms with Crippen molar-refractivity contribution in [1.29, 1.82) is 0 Å². The van der Waals surface area contributed by atoms with Gasteiger partial charge in [-0.3, -0.25) is 19.3 Å². The second-order valence-electron chi connectivity index (χ2n) is 8.52. The zero-order valence-corrected chi connectivity index (χ0v) is 16.1. The van der Waals surface area contributed by atoms with Gasteiger partial charge in [0, 0.05) is 17.3 Å². The number of imide groups is 1. The van der Waals surface area contributed by atoms with Crippen LogP contribution in [0.4, 0.5) is 11.4 Å². The van der Waals surface area contributed by atoms with Crippen molar-refractivity contribution in [2.45, 2.75) is 31.3 Å². The largest absolute Gasteiger partial charge is 0.324 e. The fourth-order valence-electron chi connectivity index (χ4n) is 6.15. The Morgan fingerprint density at radius 2 is 1.83 bits per heavy atom. The topological polar surface area (TPSA) is 69.7 Å². The molecule has 6 nitrogen and oxygen atoms in total. The summed E-state index contributed by atoms with van der Waals surface area (Å²) in [7, 11) is 0. The number of carbonyl (C=O) groups excluding carboxylic acids is 3. The van der Waals surface area contributed by atoms with Gasteiger partial charge >= 0.3 is 0 Å². The quantitative estimate of drug-likeness (QED) is 0.763. The molecule has 0 radical (unpaired) electrons. The first-order chi connectivity index (χ1) is 14.0. The first-order valence-electron chi connectivity index (χ1n) is 10.2. The molecule has 4 heterocycles. The van der Waals surface area contributed by atoms with E-state index in [2.05, 4.69) is 10.2 Å². The molecule has 4 aliphatic rings. The van der Waals surface area contributed by atoms with Gasteiger partial charge in [0.15, 0.2) is 0 Å². The predicted octanol–water partition coefficient (Wildman–Crippen LogP) is 2.43. The van der Waals surface area contributed by atoms with Gasteiger partial charge in [0.1, 0.15) is 5.54 Å². The third kappa shape index (κ3) is 1.88. The monoisotopic (exact) mass is 387 g/mol. The average Bonchev–Trinajstić information content (AvgIpc) is 3.41. The third-order valence-electron chi connectivity index (χ3n) is 7.16. The van der Waals surface area contributed by atoms with Crippen LogP contribution in [-0.4, -0.2) is 35.2 Å². The van der Waals surface area contributed by atoms with Crippen molar-refractivity contribution in [3.8, 4) is 0 Å². The number of carbonyl (C=O) groups is 3. The Balaban J connectivity index is 1.58. The van der Waals surface area contributed by atoms with Crippen LogP contribution in [0.2, 0.25) is 0 Å². The van der Waals surface area contributed by atoms with E-state index < -0.39 is 17.4 Å². The number of rotatable bonds is 1. The van der Waals surface area contributed by atoms with Crippen LogP contribution in [-0.2, 0) is 19.9 Å². The molecule has 0 saturated carbocycles. The first kappa shape index (κ1) is 16.9. The number of aryl methyl sites for hydroxylation is 1. The minimum Gasteiger partial charge on any atom is -0.324 e. The Hall–Kier alpha value is -2.99. The summed E-state index contributed by atoms with van der Waals surface area (Å²) in [6.45, 7) is 2.72. The number of fused-ring (bicyclic) bond motifs is 7. The van der Waals surface area contributed by atoms with Crippen molar-refractivity contribution in [1.82, 2.24) is 4.90 Å². The average molecular weight is 387 g/mol. The molecule has 3 saturated heterocycles. The maximum atomic E-state index is 13.7. The molecular formula is C23H21N3O3. The van der Waals surface area contributed by atoms with Crippen molar-refractivity contribution >= 4 is 29.1 Å². The number of amides is 3. The van der Waals surface area contributed by atoms with Crippen LogP contribution in [0.3, 0.4) is 0 Å². The smallest absolute Gasteiger partial charge is 0.250 e. The maximum absolute atomic E-state index is 13.7. The molecule has 4 atom stereocenters. The van der Waals surface area contributed by atoms with Crippen LogP contribution in [0.25, 0.3) is 0 Å². The molecule has 4 aliphatic heterocycles. The number of hydrogen-bond acceptors (Lipinski definition) is 4. The van der Waals surface area contributed by atoms with Gasteiger partial charge in [-0.15, -0.1) is 0 Å². The SMILES string of the molecule is Cc1ccc2c(c1)[C@]1(C(=O)N2)[C@@H]2C(=O)N(c3ccccc3)C(=O)[C@H]2[C@@H]2CCCN21. The molecule has 3 fully saturated rings. The molecule has 1 spiro atoms. The van der Waals surface area contributed by atoms with Crippen LogP contribution in [0.5, 0.6) is 0 Å². The maximum Gasteiger partial charge on any atom is 0.250 e. The molecule has 29 heavy (non-hydrogen) atoms. The molecular weight excluding hydrogens is 366 g/mol. The Morgan fingerprint density at radius 1 is 1.03 bits per heavy atom. The highest BCUT2D eigenvalue weighted by atomic mass is 16.2. The fraction of sp³-hybridized carbons (Fsp3) is 0.348. The van der Waals surface area contributed by atoms with Crippen molar-refractivity contribution in [2.75, 3.05) is 16.8 Å². The molecule has 6 rings (SSSR count). The van der Waals surface area contributed by atoms with Gasteiger partial charge in [0.05, 0.1) is 17.5 Å². The Morgan fingerprint density at radius 3 is 2.62 bits per heavy atom. The first-order valence-corrected chi connectivity index (χ1v) is 10.2. The fourth-order valence-corrected chi connectivity index (χ4v) is 6.15. The lowest BCUT2D eigenvalue weighted by Gasteiger charge is -2.36. The Kier molecular flexibility index (Phi) is 3.23. The summed E-state index contributed by atoms with van der Waals surface area (Å²) < 4.78 is 0. The van der Waals surface area contributed by atoms with Crippen molar-refractivity contribution < 1.29 is 14.4 Å². The molecule has 1 N–H and O–H groups in total. The molecule has 0 unspecified atom stereocenters. The zero-order valence-electron chi connectivity index (χ0n) is 16.1. The van der Waals surface area contributed by atoms with E-state index in [0.717, 1.165) is 36.2 Å². The van der Waals surface area contributed by atoms with E-state index in [-0.39, 0.29) is 23.8 Å². The van der Waals surface area contributed by atoms with Gasteiger partial charge < -0.3 is 5.32 Å². The standard InChI is InChI=1S/C23H21N3O3/c1-13-9-10-16-15(12-13)23(22(29)24-16)19-18(17-8-5-11-25(17)23)20(27)26(21(19)28)14-6-3-2-4-7-14/h2-4,6-7,9-10,12,17-19H,5,8,11H2,1H3,(H,24,29)/t17-,18-,19-,23+/m0/s1. The second kappa shape index (κ2) is 5.54. The number of benzene rings is 2. The highest BCUT2D eigenvalue weighted by molar-refractivity contribution is 6.25. The molecule has 0 aliphatic carbocycles. The summed E-state index contributed by atoms with van der Waals surface area (Å²) in [5.41, 5.74) is 2.13. The van der Waals surface area contributed by atoms with Crippen LogP contribution < -0.4 is 10.2 Å². The van der Waals surface area contributed by atoms with Crippen LogP contribution in [0.1, 0.15) is 24.0 Å². The predicted molar refractivity (Wildman–Crippen MR) is 107 cm³/mol. The van der Waals surface area contributed by atoms with E-state index in [1.54, 1.807) is 12.1 Å². The van der Waals surface area contributed by atoms with E-state index in [1.165, 1.54) is 4.90 Å². The number of hydrogen-bond donors (Lipinski definition) is 1. The second-order valence-corrected chi connectivity index (χ2v) is 8.52. The molecule has 146 valence electrons. The Bertz CT molecular complexity index is 1080. The summed E-state index contributed by atoms with van der Waals surface area (Å²) in [5, 5.41) is 3.01. The highest BCUT2D eigenvalue weighted by Gasteiger charge is 2.74. The summed E-state index contributed by atoms with van der Waals surface area (Å²) in [6.07, 6.45) is 1.76. The number of para-hydroxylation sites is 1. The van der Waals surface area contributed by atoms with Crippen molar-refractivity contribution in [3.63, 3.8) is 0 Å². The van der Waals surface area contributed by atoms with E-state index in [9.17, 15) is 14.4 Å². The summed E-state index contributed by atoms with van der Waals surface area (Å²) in [6, 6.07) is 14.9. The van der Waals surface area contributed by atoms with Gasteiger partial charge in [0.25, 0.3) is 0 Å². The lowest BCUT2D eigenvalue weighted by molar-refractivity contribution is -0.135. The lowest BCUT2D eigenvalue weighted by Crippen LogP contribution is -2.54. The van der Waals surface area contributed by atoms with Gasteiger partial charge in [0.2, 0.25) is 17.7 Å². The summed E-state index contributed by atoms with van der Waals surface area (Å²) in [5.74, 6) is -1.78. The molecule has 2 aromatic carbocycles. The molecule has 2 aromatic rings. The normalized spacial score (nSPS) is 32.7. The minimum atomic E-state index is -1.09. The zero-order chi connectivity index (χ0) is 19.9. The van der Waals surface area contributed by atoms with Gasteiger partial charge in [-0.2, -0.15) is 0 Å². The van der Waals surface area contributed by atoms with Gasteiger partial charge in [-0.25, -0.2) is 4.90 Å². The minimum absolute atomic E-state index is 0.0811. The van der Waals surface area contributed by atoms with Crippen LogP contribution in [0, 0.1) is 18.8 Å². The van der Waals surface area contributed by atoms with Crippen LogP contribution in [0.15, 0.2) is 48.5 Å². The molecule has 6 heteroatoms. The van der Waals surface area contributed by atoms with Gasteiger partial charge in [-0.1, -0.05) is 35.9 Å². The molecule has 0 aromatic heterocycles. The van der Waals surface area contributed by atoms with Crippen LogP contribution >= 0.6 is 0 Å². The van der Waals surface area contributed by atoms with E-state index in [0.29, 0.717) is 5.69 Å². The molecule has 0 bridgehead atoms.